The molecular weight excluding hydrogens is 637 g/mol. The highest BCUT2D eigenvalue weighted by atomic mass is 28.3. The summed E-state index contributed by atoms with van der Waals surface area (Å²) in [6.07, 6.45) is 15.7. The van der Waals surface area contributed by atoms with Crippen molar-refractivity contribution in [2.24, 2.45) is 0 Å². The van der Waals surface area contributed by atoms with Crippen molar-refractivity contribution in [1.29, 1.82) is 0 Å². The van der Waals surface area contributed by atoms with Crippen molar-refractivity contribution in [2.45, 2.75) is 117 Å². The van der Waals surface area contributed by atoms with Crippen LogP contribution in [-0.4, -0.2) is 24.2 Å². The van der Waals surface area contributed by atoms with E-state index in [1.165, 1.54) is 94.4 Å². The van der Waals surface area contributed by atoms with E-state index in [9.17, 15) is 0 Å². The van der Waals surface area contributed by atoms with Crippen molar-refractivity contribution in [3.63, 3.8) is 0 Å². The Morgan fingerprint density at radius 2 is 0.857 bits per heavy atom. The summed E-state index contributed by atoms with van der Waals surface area (Å²) in [4.78, 5) is 0. The van der Waals surface area contributed by atoms with E-state index in [4.69, 9.17) is 0 Å². The topological polar surface area (TPSA) is 0 Å². The lowest BCUT2D eigenvalue weighted by atomic mass is 9.97. The number of rotatable bonds is 14. The van der Waals surface area contributed by atoms with Crippen LogP contribution in [-0.2, 0) is 12.8 Å². The Bertz CT molecular complexity index is 1690. The molecule has 0 nitrogen and oxygen atoms in total. The Hall–Kier alpha value is -2.99. The van der Waals surface area contributed by atoms with Crippen LogP contribution < -0.4 is 10.4 Å². The molecule has 0 bridgehead atoms. The van der Waals surface area contributed by atoms with Crippen molar-refractivity contribution >= 4 is 46.7 Å². The summed E-state index contributed by atoms with van der Waals surface area (Å²) in [6, 6.07) is 36.3. The molecule has 49 heavy (non-hydrogen) atoms. The van der Waals surface area contributed by atoms with E-state index in [-0.39, 0.29) is 0 Å². The van der Waals surface area contributed by atoms with E-state index in [0.717, 1.165) is 12.8 Å². The molecule has 0 unspecified atom stereocenters. The van der Waals surface area contributed by atoms with Crippen molar-refractivity contribution in [3.8, 4) is 22.3 Å². The minimum Gasteiger partial charge on any atom is -0.0709 e. The van der Waals surface area contributed by atoms with Gasteiger partial charge in [0, 0.05) is 0 Å². The highest BCUT2D eigenvalue weighted by Crippen LogP contribution is 2.48. The fraction of sp³-hybridized carbons (Fsp3) is 0.391. The molecule has 0 fully saturated rings. The third-order valence-electron chi connectivity index (χ3n) is 11.6. The maximum absolute atomic E-state index is 2.72. The molecule has 0 atom stereocenters. The molecule has 2 aliphatic carbocycles. The largest absolute Gasteiger partial charge is 0.109 e. The zero-order valence-electron chi connectivity index (χ0n) is 31.8. The van der Waals surface area contributed by atoms with Gasteiger partial charge in [-0.3, -0.25) is 0 Å². The third kappa shape index (κ3) is 7.55. The first-order valence-electron chi connectivity index (χ1n) is 19.3. The number of unbranched alkanes of at least 4 members (excludes halogenated alkanes) is 4. The van der Waals surface area contributed by atoms with Gasteiger partial charge in [0.15, 0.2) is 0 Å². The van der Waals surface area contributed by atoms with Crippen LogP contribution in [0.5, 0.6) is 0 Å². The monoisotopic (exact) mass is 696 g/mol. The molecule has 0 radical (unpaired) electrons. The standard InChI is InChI=1S/C46H60Si3/c1-9-11-13-29-49(30-14-12-10-2,41-31-37-17-15-19-43(45(37)33-41)35-21-25-39(26-22-35)47(3,4)5)42-32-38-18-16-20-44(46(38)34-42)36-23-27-40(28-24-36)48(6,7)8/h15-28,33-34H,9-14,29-32H2,1-8H3. The Kier molecular flexibility index (Phi) is 10.7. The number of allylic oxidation sites excluding steroid dienone is 2. The van der Waals surface area contributed by atoms with Crippen LogP contribution in [0.1, 0.15) is 74.6 Å². The van der Waals surface area contributed by atoms with Crippen LogP contribution in [0.4, 0.5) is 0 Å². The SMILES string of the molecule is CCCCC[Si](CCCCC)(C1=Cc2c(cccc2-c2ccc([Si](C)(C)C)cc2)C1)C1=Cc2c(cccc2-c2ccc([Si](C)(C)C)cc2)C1. The van der Waals surface area contributed by atoms with Gasteiger partial charge in [0.2, 0.25) is 0 Å². The van der Waals surface area contributed by atoms with E-state index in [1.54, 1.807) is 21.5 Å². The molecule has 6 rings (SSSR count). The molecule has 0 amide bonds. The Morgan fingerprint density at radius 1 is 0.469 bits per heavy atom. The summed E-state index contributed by atoms with van der Waals surface area (Å²) in [7, 11) is -4.65. The minimum absolute atomic E-state index is 1.14. The zero-order chi connectivity index (χ0) is 34.8. The molecule has 0 heterocycles. The lowest BCUT2D eigenvalue weighted by Crippen LogP contribution is -2.40. The average molecular weight is 697 g/mol. The maximum Gasteiger partial charge on any atom is 0.109 e. The molecule has 0 saturated carbocycles. The summed E-state index contributed by atoms with van der Waals surface area (Å²) in [5.74, 6) is 0. The molecule has 4 aromatic rings. The maximum atomic E-state index is 2.72. The van der Waals surface area contributed by atoms with E-state index in [0.29, 0.717) is 0 Å². The van der Waals surface area contributed by atoms with Gasteiger partial charge in [0.05, 0.1) is 16.1 Å². The Morgan fingerprint density at radius 3 is 1.20 bits per heavy atom. The summed E-state index contributed by atoms with van der Waals surface area (Å²) in [6.45, 7) is 19.4. The summed E-state index contributed by atoms with van der Waals surface area (Å²) in [5.41, 5.74) is 11.7. The first-order chi connectivity index (χ1) is 23.4. The van der Waals surface area contributed by atoms with Gasteiger partial charge in [0.1, 0.15) is 8.07 Å². The second kappa shape index (κ2) is 14.7. The van der Waals surface area contributed by atoms with E-state index in [1.807, 2.05) is 0 Å². The van der Waals surface area contributed by atoms with Crippen LogP contribution in [0.15, 0.2) is 95.3 Å². The molecule has 0 aliphatic heterocycles. The molecule has 256 valence electrons. The number of hydrogen-bond acceptors (Lipinski definition) is 0. The molecule has 0 spiro atoms. The molecule has 0 aromatic heterocycles. The molecule has 0 saturated heterocycles. The van der Waals surface area contributed by atoms with Gasteiger partial charge < -0.3 is 0 Å². The smallest absolute Gasteiger partial charge is 0.0709 e. The minimum atomic E-state index is -1.98. The predicted molar refractivity (Wildman–Crippen MR) is 227 cm³/mol. The van der Waals surface area contributed by atoms with Crippen LogP contribution in [0.25, 0.3) is 34.4 Å². The van der Waals surface area contributed by atoms with E-state index >= 15 is 0 Å². The van der Waals surface area contributed by atoms with Crippen LogP contribution >= 0.6 is 0 Å². The lowest BCUT2D eigenvalue weighted by molar-refractivity contribution is 0.739. The number of hydrogen-bond donors (Lipinski definition) is 0. The Labute approximate surface area is 301 Å². The zero-order valence-corrected chi connectivity index (χ0v) is 34.8. The van der Waals surface area contributed by atoms with Gasteiger partial charge in [-0.05, 0) is 69.4 Å². The van der Waals surface area contributed by atoms with Crippen molar-refractivity contribution in [2.75, 3.05) is 0 Å². The lowest BCUT2D eigenvalue weighted by Gasteiger charge is -2.36. The average Bonchev–Trinajstić information content (AvgIpc) is 3.73. The third-order valence-corrected chi connectivity index (χ3v) is 21.2. The highest BCUT2D eigenvalue weighted by molar-refractivity contribution is 6.94. The first kappa shape index (κ1) is 35.8. The van der Waals surface area contributed by atoms with Crippen LogP contribution in [0.3, 0.4) is 0 Å². The van der Waals surface area contributed by atoms with E-state index < -0.39 is 24.2 Å². The molecular formula is C46H60Si3. The second-order valence-corrected chi connectivity index (χ2v) is 31.7. The summed E-state index contributed by atoms with van der Waals surface area (Å²) < 4.78 is 0. The second-order valence-electron chi connectivity index (χ2n) is 17.1. The van der Waals surface area contributed by atoms with Gasteiger partial charge in [-0.15, -0.1) is 0 Å². The summed E-state index contributed by atoms with van der Waals surface area (Å²) >= 11 is 0. The quantitative estimate of drug-likeness (QED) is 0.0909. The van der Waals surface area contributed by atoms with Crippen LogP contribution in [0, 0.1) is 0 Å². The normalized spacial score (nSPS) is 14.4. The van der Waals surface area contributed by atoms with Crippen LogP contribution in [0.2, 0.25) is 51.4 Å². The first-order valence-corrected chi connectivity index (χ1v) is 28.7. The molecule has 2 aliphatic rings. The predicted octanol–water partition coefficient (Wildman–Crippen LogP) is 12.6. The van der Waals surface area contributed by atoms with Gasteiger partial charge in [-0.2, -0.15) is 0 Å². The molecule has 0 N–H and O–H groups in total. The fourth-order valence-electron chi connectivity index (χ4n) is 8.48. The Balaban J connectivity index is 1.44. The van der Waals surface area contributed by atoms with Gasteiger partial charge in [0.25, 0.3) is 0 Å². The van der Waals surface area contributed by atoms with Gasteiger partial charge in [-0.1, -0.05) is 210 Å². The summed E-state index contributed by atoms with van der Waals surface area (Å²) in [5, 5.41) is 6.69. The molecule has 4 aromatic carbocycles. The van der Waals surface area contributed by atoms with Crippen molar-refractivity contribution < 1.29 is 0 Å². The van der Waals surface area contributed by atoms with Crippen molar-refractivity contribution in [1.82, 2.24) is 0 Å². The fourth-order valence-corrected chi connectivity index (χ4v) is 16.4. The van der Waals surface area contributed by atoms with Gasteiger partial charge in [-0.25, -0.2) is 0 Å². The van der Waals surface area contributed by atoms with E-state index in [2.05, 4.69) is 150 Å². The molecule has 3 heteroatoms. The number of benzene rings is 4. The van der Waals surface area contributed by atoms with Crippen molar-refractivity contribution in [3.05, 3.63) is 118 Å². The number of fused-ring (bicyclic) bond motifs is 2. The van der Waals surface area contributed by atoms with Gasteiger partial charge >= 0.3 is 0 Å². The highest BCUT2D eigenvalue weighted by Gasteiger charge is 2.43.